The second-order valence-corrected chi connectivity index (χ2v) is 9.41. The Balaban J connectivity index is 1.31. The summed E-state index contributed by atoms with van der Waals surface area (Å²) in [5.41, 5.74) is 0.198. The fourth-order valence-corrected chi connectivity index (χ4v) is 6.66. The zero-order valence-corrected chi connectivity index (χ0v) is 16.0. The van der Waals surface area contributed by atoms with E-state index in [4.69, 9.17) is 0 Å². The maximum Gasteiger partial charge on any atom is 0.258 e. The second kappa shape index (κ2) is 6.22. The first-order valence-corrected chi connectivity index (χ1v) is 10.4. The van der Waals surface area contributed by atoms with Gasteiger partial charge in [0.05, 0.1) is 0 Å². The normalized spacial score (nSPS) is 32.6. The van der Waals surface area contributed by atoms with E-state index < -0.39 is 0 Å². The highest BCUT2D eigenvalue weighted by molar-refractivity contribution is 5.82. The van der Waals surface area contributed by atoms with E-state index in [9.17, 15) is 9.59 Å². The van der Waals surface area contributed by atoms with Crippen LogP contribution >= 0.6 is 0 Å². The molecule has 1 N–H and O–H groups in total. The molecular weight excluding hydrogens is 336 g/mol. The number of nitrogens with zero attached hydrogens (tertiary/aromatic N) is 1. The van der Waals surface area contributed by atoms with Gasteiger partial charge in [0, 0.05) is 17.6 Å². The van der Waals surface area contributed by atoms with Crippen LogP contribution in [0.1, 0.15) is 45.4 Å². The van der Waals surface area contributed by atoms with Crippen molar-refractivity contribution in [2.24, 2.45) is 23.2 Å². The van der Waals surface area contributed by atoms with E-state index in [0.717, 1.165) is 23.1 Å². The molecule has 4 aliphatic carbocycles. The van der Waals surface area contributed by atoms with Crippen LogP contribution in [0.2, 0.25) is 0 Å². The lowest BCUT2D eigenvalue weighted by Gasteiger charge is -2.59. The minimum Gasteiger partial charge on any atom is -0.352 e. The van der Waals surface area contributed by atoms with Gasteiger partial charge in [-0.05, 0) is 86.1 Å². The molecule has 0 spiro atoms. The van der Waals surface area contributed by atoms with Crippen LogP contribution in [-0.4, -0.2) is 16.5 Å². The fraction of sp³-hybridized carbons (Fsp3) is 0.565. The highest BCUT2D eigenvalue weighted by Gasteiger charge is 2.53. The van der Waals surface area contributed by atoms with Crippen LogP contribution in [0.25, 0.3) is 10.8 Å². The molecule has 142 valence electrons. The standard InChI is InChI=1S/C23H28N2O2/c1-15(23-11-16-8-17(12-23)10-18(9-16)13-23)24-21(26)14-25-7-6-19-4-2-3-5-20(19)22(25)27/h2-7,15-18H,8-14H2,1H3,(H,24,26)/t15-,16?,17?,18?,23?/m1/s1. The van der Waals surface area contributed by atoms with Crippen molar-refractivity contribution in [2.75, 3.05) is 0 Å². The highest BCUT2D eigenvalue weighted by Crippen LogP contribution is 2.61. The Labute approximate surface area is 160 Å². The van der Waals surface area contributed by atoms with Gasteiger partial charge in [0.25, 0.3) is 5.56 Å². The van der Waals surface area contributed by atoms with Crippen LogP contribution < -0.4 is 10.9 Å². The number of rotatable bonds is 4. The topological polar surface area (TPSA) is 51.1 Å². The van der Waals surface area contributed by atoms with Crippen LogP contribution in [0, 0.1) is 23.2 Å². The van der Waals surface area contributed by atoms with Crippen molar-refractivity contribution < 1.29 is 4.79 Å². The maximum atomic E-state index is 12.7. The molecule has 0 aliphatic heterocycles. The minimum absolute atomic E-state index is 0.0457. The van der Waals surface area contributed by atoms with Gasteiger partial charge in [-0.1, -0.05) is 18.2 Å². The van der Waals surface area contributed by atoms with Gasteiger partial charge in [-0.2, -0.15) is 0 Å². The molecule has 1 atom stereocenters. The Morgan fingerprint density at radius 3 is 2.41 bits per heavy atom. The number of carbonyl (C=O) groups is 1. The van der Waals surface area contributed by atoms with Crippen molar-refractivity contribution >= 4 is 16.7 Å². The lowest BCUT2D eigenvalue weighted by molar-refractivity contribution is -0.126. The molecule has 4 nitrogen and oxygen atoms in total. The zero-order valence-electron chi connectivity index (χ0n) is 16.0. The molecule has 1 aromatic heterocycles. The Bertz CT molecular complexity index is 910. The Kier molecular flexibility index (Phi) is 3.92. The quantitative estimate of drug-likeness (QED) is 0.899. The number of carbonyl (C=O) groups excluding carboxylic acids is 1. The van der Waals surface area contributed by atoms with E-state index >= 15 is 0 Å². The molecule has 4 aliphatic rings. The van der Waals surface area contributed by atoms with Gasteiger partial charge in [0.1, 0.15) is 6.54 Å². The summed E-state index contributed by atoms with van der Waals surface area (Å²) >= 11 is 0. The smallest absolute Gasteiger partial charge is 0.258 e. The molecule has 1 heterocycles. The summed E-state index contributed by atoms with van der Waals surface area (Å²) in [6.07, 6.45) is 9.79. The molecule has 4 bridgehead atoms. The number of benzene rings is 1. The third-order valence-corrected chi connectivity index (χ3v) is 7.58. The third kappa shape index (κ3) is 2.90. The Hall–Kier alpha value is -2.10. The largest absolute Gasteiger partial charge is 0.352 e. The van der Waals surface area contributed by atoms with E-state index in [1.807, 2.05) is 30.3 Å². The first-order chi connectivity index (χ1) is 13.0. The average Bonchev–Trinajstić information content (AvgIpc) is 2.63. The van der Waals surface area contributed by atoms with Crippen LogP contribution in [0.15, 0.2) is 41.3 Å². The van der Waals surface area contributed by atoms with Crippen molar-refractivity contribution in [3.63, 3.8) is 0 Å². The van der Waals surface area contributed by atoms with Crippen LogP contribution in [0.4, 0.5) is 0 Å². The number of pyridine rings is 1. The van der Waals surface area contributed by atoms with Crippen LogP contribution in [0.5, 0.6) is 0 Å². The summed E-state index contributed by atoms with van der Waals surface area (Å²) in [6, 6.07) is 9.64. The SMILES string of the molecule is C[C@@H](NC(=O)Cn1ccc2ccccc2c1=O)C12CC3CC(CC(C3)C1)C2. The molecule has 2 aromatic rings. The van der Waals surface area contributed by atoms with Gasteiger partial charge in [-0.15, -0.1) is 0 Å². The van der Waals surface area contributed by atoms with Crippen molar-refractivity contribution in [3.8, 4) is 0 Å². The first-order valence-electron chi connectivity index (χ1n) is 10.4. The summed E-state index contributed by atoms with van der Waals surface area (Å²) in [5.74, 6) is 2.58. The van der Waals surface area contributed by atoms with E-state index in [1.54, 1.807) is 6.20 Å². The molecule has 0 unspecified atom stereocenters. The highest BCUT2D eigenvalue weighted by atomic mass is 16.2. The lowest BCUT2D eigenvalue weighted by Crippen LogP contribution is -2.56. The maximum absolute atomic E-state index is 12.7. The van der Waals surface area contributed by atoms with Gasteiger partial charge in [-0.25, -0.2) is 0 Å². The van der Waals surface area contributed by atoms with Gasteiger partial charge in [0.2, 0.25) is 5.91 Å². The average molecular weight is 364 g/mol. The third-order valence-electron chi connectivity index (χ3n) is 7.58. The zero-order chi connectivity index (χ0) is 18.6. The van der Waals surface area contributed by atoms with Gasteiger partial charge in [0.15, 0.2) is 0 Å². The Morgan fingerprint density at radius 2 is 1.74 bits per heavy atom. The number of aromatic nitrogens is 1. The number of nitrogens with one attached hydrogen (secondary N) is 1. The fourth-order valence-electron chi connectivity index (χ4n) is 6.66. The minimum atomic E-state index is -0.0919. The van der Waals surface area contributed by atoms with Crippen molar-refractivity contribution in [1.82, 2.24) is 9.88 Å². The molecule has 4 saturated carbocycles. The molecule has 1 amide bonds. The number of amides is 1. The van der Waals surface area contributed by atoms with Crippen LogP contribution in [0.3, 0.4) is 0 Å². The molecule has 4 fully saturated rings. The first kappa shape index (κ1) is 17.0. The van der Waals surface area contributed by atoms with E-state index in [2.05, 4.69) is 12.2 Å². The Morgan fingerprint density at radius 1 is 1.11 bits per heavy atom. The summed E-state index contributed by atoms with van der Waals surface area (Å²) in [5, 5.41) is 4.85. The molecule has 6 rings (SSSR count). The molecular formula is C23H28N2O2. The van der Waals surface area contributed by atoms with E-state index in [1.165, 1.54) is 43.1 Å². The van der Waals surface area contributed by atoms with Gasteiger partial charge in [-0.3, -0.25) is 9.59 Å². The van der Waals surface area contributed by atoms with E-state index in [0.29, 0.717) is 10.8 Å². The van der Waals surface area contributed by atoms with Crippen molar-refractivity contribution in [3.05, 3.63) is 46.9 Å². The molecule has 0 saturated heterocycles. The van der Waals surface area contributed by atoms with Crippen LogP contribution in [-0.2, 0) is 11.3 Å². The van der Waals surface area contributed by atoms with Crippen molar-refractivity contribution in [2.45, 2.75) is 58.0 Å². The molecule has 4 heteroatoms. The summed E-state index contributed by atoms with van der Waals surface area (Å²) < 4.78 is 1.53. The summed E-state index contributed by atoms with van der Waals surface area (Å²) in [6.45, 7) is 2.29. The second-order valence-electron chi connectivity index (χ2n) is 9.41. The molecule has 0 radical (unpaired) electrons. The van der Waals surface area contributed by atoms with Crippen molar-refractivity contribution in [1.29, 1.82) is 0 Å². The number of hydrogen-bond acceptors (Lipinski definition) is 2. The van der Waals surface area contributed by atoms with Gasteiger partial charge >= 0.3 is 0 Å². The predicted molar refractivity (Wildman–Crippen MR) is 106 cm³/mol. The summed E-state index contributed by atoms with van der Waals surface area (Å²) in [4.78, 5) is 25.4. The number of hydrogen-bond donors (Lipinski definition) is 1. The monoisotopic (exact) mass is 364 g/mol. The summed E-state index contributed by atoms with van der Waals surface area (Å²) in [7, 11) is 0. The number of fused-ring (bicyclic) bond motifs is 1. The van der Waals surface area contributed by atoms with Gasteiger partial charge < -0.3 is 9.88 Å². The lowest BCUT2D eigenvalue weighted by atomic mass is 9.48. The molecule has 27 heavy (non-hydrogen) atoms. The predicted octanol–water partition coefficient (Wildman–Crippen LogP) is 3.72. The van der Waals surface area contributed by atoms with E-state index in [-0.39, 0.29) is 24.1 Å². The molecule has 1 aromatic carbocycles.